The van der Waals surface area contributed by atoms with Gasteiger partial charge in [-0.15, -0.1) is 0 Å². The van der Waals surface area contributed by atoms with E-state index >= 15 is 0 Å². The van der Waals surface area contributed by atoms with Crippen molar-refractivity contribution in [1.82, 2.24) is 9.71 Å². The normalized spacial score (nSPS) is 12.5. The molecule has 0 aliphatic heterocycles. The molecule has 0 bridgehead atoms. The lowest BCUT2D eigenvalue weighted by molar-refractivity contribution is 0.415. The SMILES string of the molecule is COc1ccc2c(-c3cccc(CNS(=O)[O-])c3)c[nH]c2c1. The fraction of sp³-hybridized carbons (Fsp3) is 0.125. The van der Waals surface area contributed by atoms with E-state index in [1.807, 2.05) is 48.7 Å². The molecule has 0 amide bonds. The maximum Gasteiger partial charge on any atom is 0.120 e. The fourth-order valence-electron chi connectivity index (χ4n) is 2.46. The minimum atomic E-state index is -2.26. The van der Waals surface area contributed by atoms with Crippen molar-refractivity contribution in [2.45, 2.75) is 6.54 Å². The van der Waals surface area contributed by atoms with E-state index in [1.165, 1.54) is 0 Å². The number of rotatable bonds is 5. The molecule has 114 valence electrons. The van der Waals surface area contributed by atoms with E-state index in [0.29, 0.717) is 0 Å². The van der Waals surface area contributed by atoms with E-state index in [0.717, 1.165) is 33.3 Å². The monoisotopic (exact) mass is 315 g/mol. The maximum atomic E-state index is 10.6. The summed E-state index contributed by atoms with van der Waals surface area (Å²) >= 11 is -2.26. The molecule has 1 heterocycles. The molecule has 3 aromatic rings. The lowest BCUT2D eigenvalue weighted by atomic mass is 10.0. The van der Waals surface area contributed by atoms with E-state index in [4.69, 9.17) is 4.74 Å². The van der Waals surface area contributed by atoms with Crippen molar-refractivity contribution in [3.63, 3.8) is 0 Å². The molecular formula is C16H15N2O3S-. The molecule has 0 spiro atoms. The molecular weight excluding hydrogens is 300 g/mol. The van der Waals surface area contributed by atoms with Crippen LogP contribution < -0.4 is 9.46 Å². The van der Waals surface area contributed by atoms with Crippen LogP contribution in [0.5, 0.6) is 5.75 Å². The van der Waals surface area contributed by atoms with Gasteiger partial charge in [-0.1, -0.05) is 18.2 Å². The van der Waals surface area contributed by atoms with Crippen LogP contribution in [0.25, 0.3) is 22.0 Å². The van der Waals surface area contributed by atoms with Crippen molar-refractivity contribution >= 4 is 22.2 Å². The standard InChI is InChI=1S/C16H16N2O3S/c1-21-13-5-6-14-15(10-17-16(14)8-13)12-4-2-3-11(7-12)9-18-22(19)20/h2-8,10,17-18H,9H2,1H3,(H,19,20)/p-1. The Balaban J connectivity index is 1.97. The zero-order chi connectivity index (χ0) is 15.5. The van der Waals surface area contributed by atoms with Gasteiger partial charge < -0.3 is 14.3 Å². The van der Waals surface area contributed by atoms with Gasteiger partial charge in [0.05, 0.1) is 7.11 Å². The van der Waals surface area contributed by atoms with Crippen molar-refractivity contribution < 1.29 is 13.5 Å². The Morgan fingerprint density at radius 1 is 1.27 bits per heavy atom. The first kappa shape index (κ1) is 14.8. The second-order valence-corrected chi connectivity index (χ2v) is 5.63. The Kier molecular flexibility index (Phi) is 4.24. The number of aromatic amines is 1. The summed E-state index contributed by atoms with van der Waals surface area (Å²) in [6, 6.07) is 13.7. The number of fused-ring (bicyclic) bond motifs is 1. The predicted octanol–water partition coefficient (Wildman–Crippen LogP) is 2.73. The molecule has 2 aromatic carbocycles. The van der Waals surface area contributed by atoms with Gasteiger partial charge >= 0.3 is 0 Å². The third-order valence-electron chi connectivity index (χ3n) is 3.52. The first-order valence-corrected chi connectivity index (χ1v) is 7.82. The van der Waals surface area contributed by atoms with Gasteiger partial charge in [-0.05, 0) is 29.3 Å². The second-order valence-electron chi connectivity index (χ2n) is 4.87. The number of nitrogens with one attached hydrogen (secondary N) is 2. The van der Waals surface area contributed by atoms with Gasteiger partial charge in [0.25, 0.3) is 0 Å². The molecule has 0 aliphatic carbocycles. The molecule has 1 aromatic heterocycles. The summed E-state index contributed by atoms with van der Waals surface area (Å²) in [5, 5.41) is 1.10. The Morgan fingerprint density at radius 2 is 2.14 bits per heavy atom. The van der Waals surface area contributed by atoms with Gasteiger partial charge in [0.15, 0.2) is 0 Å². The highest BCUT2D eigenvalue weighted by atomic mass is 32.2. The molecule has 5 nitrogen and oxygen atoms in total. The van der Waals surface area contributed by atoms with Crippen LogP contribution in [0.2, 0.25) is 0 Å². The van der Waals surface area contributed by atoms with Crippen LogP contribution in [-0.2, 0) is 17.8 Å². The van der Waals surface area contributed by atoms with Gasteiger partial charge in [0, 0.05) is 46.5 Å². The molecule has 2 N–H and O–H groups in total. The summed E-state index contributed by atoms with van der Waals surface area (Å²) in [6.07, 6.45) is 1.95. The Bertz CT molecular complexity index is 829. The van der Waals surface area contributed by atoms with Gasteiger partial charge in [-0.25, -0.2) is 4.72 Å². The van der Waals surface area contributed by atoms with Gasteiger partial charge in [0.1, 0.15) is 5.75 Å². The van der Waals surface area contributed by atoms with E-state index in [-0.39, 0.29) is 6.54 Å². The lowest BCUT2D eigenvalue weighted by Crippen LogP contribution is -2.15. The minimum Gasteiger partial charge on any atom is -0.760 e. The number of hydrogen-bond acceptors (Lipinski definition) is 3. The van der Waals surface area contributed by atoms with Crippen molar-refractivity contribution in [1.29, 1.82) is 0 Å². The van der Waals surface area contributed by atoms with Crippen molar-refractivity contribution in [3.8, 4) is 16.9 Å². The number of aromatic nitrogens is 1. The number of benzene rings is 2. The average Bonchev–Trinajstić information content (AvgIpc) is 2.96. The van der Waals surface area contributed by atoms with Crippen molar-refractivity contribution in [2.75, 3.05) is 7.11 Å². The summed E-state index contributed by atoms with van der Waals surface area (Å²) in [5.41, 5.74) is 4.01. The second kappa shape index (κ2) is 6.31. The maximum absolute atomic E-state index is 10.6. The first-order chi connectivity index (χ1) is 10.7. The largest absolute Gasteiger partial charge is 0.760 e. The molecule has 0 aliphatic rings. The number of H-pyrrole nitrogens is 1. The topological polar surface area (TPSA) is 77.2 Å². The van der Waals surface area contributed by atoms with Gasteiger partial charge in [0.2, 0.25) is 0 Å². The highest BCUT2D eigenvalue weighted by molar-refractivity contribution is 7.77. The third-order valence-corrected chi connectivity index (χ3v) is 3.90. The molecule has 0 saturated heterocycles. The smallest absolute Gasteiger partial charge is 0.120 e. The molecule has 0 fully saturated rings. The van der Waals surface area contributed by atoms with Crippen LogP contribution in [-0.4, -0.2) is 20.9 Å². The summed E-state index contributed by atoms with van der Waals surface area (Å²) in [5.74, 6) is 0.803. The van der Waals surface area contributed by atoms with Crippen molar-refractivity contribution in [3.05, 3.63) is 54.2 Å². The zero-order valence-corrected chi connectivity index (χ0v) is 12.8. The molecule has 22 heavy (non-hydrogen) atoms. The highest BCUT2D eigenvalue weighted by Gasteiger charge is 2.07. The molecule has 6 heteroatoms. The van der Waals surface area contributed by atoms with Crippen LogP contribution in [0.15, 0.2) is 48.7 Å². The van der Waals surface area contributed by atoms with Gasteiger partial charge in [-0.2, -0.15) is 0 Å². The summed E-state index contributed by atoms with van der Waals surface area (Å²) in [4.78, 5) is 3.24. The van der Waals surface area contributed by atoms with Crippen LogP contribution in [0.4, 0.5) is 0 Å². The van der Waals surface area contributed by atoms with E-state index in [1.54, 1.807) is 7.11 Å². The molecule has 0 saturated carbocycles. The fourth-order valence-corrected chi connectivity index (χ4v) is 2.75. The predicted molar refractivity (Wildman–Crippen MR) is 86.0 cm³/mol. The Morgan fingerprint density at radius 3 is 2.91 bits per heavy atom. The van der Waals surface area contributed by atoms with Crippen molar-refractivity contribution in [2.24, 2.45) is 0 Å². The third kappa shape index (κ3) is 3.04. The lowest BCUT2D eigenvalue weighted by Gasteiger charge is -2.08. The number of hydrogen-bond donors (Lipinski definition) is 2. The molecule has 3 rings (SSSR count). The summed E-state index contributed by atoms with van der Waals surface area (Å²) in [7, 11) is 1.64. The molecule has 0 radical (unpaired) electrons. The highest BCUT2D eigenvalue weighted by Crippen LogP contribution is 2.31. The van der Waals surface area contributed by atoms with Crippen LogP contribution in [0, 0.1) is 0 Å². The zero-order valence-electron chi connectivity index (χ0n) is 12.0. The first-order valence-electron chi connectivity index (χ1n) is 6.74. The molecule has 1 unspecified atom stereocenters. The number of methoxy groups -OCH3 is 1. The van der Waals surface area contributed by atoms with E-state index in [9.17, 15) is 8.76 Å². The van der Waals surface area contributed by atoms with E-state index in [2.05, 4.69) is 9.71 Å². The van der Waals surface area contributed by atoms with Crippen LogP contribution in [0.3, 0.4) is 0 Å². The summed E-state index contributed by atoms with van der Waals surface area (Å²) < 4.78 is 28.8. The Labute approximate surface area is 130 Å². The van der Waals surface area contributed by atoms with Gasteiger partial charge in [-0.3, -0.25) is 4.21 Å². The minimum absolute atomic E-state index is 0.278. The Hall–Kier alpha value is -2.15. The van der Waals surface area contributed by atoms with Crippen LogP contribution >= 0.6 is 0 Å². The van der Waals surface area contributed by atoms with Crippen LogP contribution in [0.1, 0.15) is 5.56 Å². The van der Waals surface area contributed by atoms with E-state index < -0.39 is 11.3 Å². The molecule has 1 atom stereocenters. The number of ether oxygens (including phenoxy) is 1. The average molecular weight is 315 g/mol. The quantitative estimate of drug-likeness (QED) is 0.711. The summed E-state index contributed by atoms with van der Waals surface area (Å²) in [6.45, 7) is 0.278.